The molecule has 1 aliphatic heterocycles. The molecule has 0 spiro atoms. The van der Waals surface area contributed by atoms with Gasteiger partial charge in [0.1, 0.15) is 5.76 Å². The van der Waals surface area contributed by atoms with E-state index in [0.29, 0.717) is 6.54 Å². The first-order valence-corrected chi connectivity index (χ1v) is 10.5. The van der Waals surface area contributed by atoms with Gasteiger partial charge in [0.25, 0.3) is 0 Å². The second kappa shape index (κ2) is 11.0. The molecule has 0 radical (unpaired) electrons. The number of benzene rings is 1. The van der Waals surface area contributed by atoms with Crippen LogP contribution in [0.4, 0.5) is 0 Å². The van der Waals surface area contributed by atoms with Gasteiger partial charge in [-0.2, -0.15) is 0 Å². The van der Waals surface area contributed by atoms with E-state index in [-0.39, 0.29) is 0 Å². The van der Waals surface area contributed by atoms with Gasteiger partial charge >= 0.3 is 0 Å². The van der Waals surface area contributed by atoms with Crippen LogP contribution in [0.5, 0.6) is 0 Å². The van der Waals surface area contributed by atoms with Gasteiger partial charge in [-0.25, -0.2) is 0 Å². The van der Waals surface area contributed by atoms with Crippen molar-refractivity contribution in [3.63, 3.8) is 0 Å². The zero-order valence-electron chi connectivity index (χ0n) is 17.8. The van der Waals surface area contributed by atoms with Crippen molar-refractivity contribution in [3.05, 3.63) is 52.4 Å². The maximum Gasteiger partial charge on any atom is 0.191 e. The molecular weight excluding hydrogens is 366 g/mol. The Kier molecular flexibility index (Phi) is 8.07. The molecular formula is C22H33N5O2. The highest BCUT2D eigenvalue weighted by molar-refractivity contribution is 5.79. The Labute approximate surface area is 173 Å². The highest BCUT2D eigenvalue weighted by Crippen LogP contribution is 2.16. The van der Waals surface area contributed by atoms with Crippen molar-refractivity contribution in [3.8, 4) is 0 Å². The molecule has 158 valence electrons. The number of ether oxygens (including phenoxy) is 1. The summed E-state index contributed by atoms with van der Waals surface area (Å²) in [6.45, 7) is 10.1. The predicted molar refractivity (Wildman–Crippen MR) is 115 cm³/mol. The lowest BCUT2D eigenvalue weighted by Crippen LogP contribution is -2.38. The highest BCUT2D eigenvalue weighted by Gasteiger charge is 2.15. The topological polar surface area (TPSA) is 74.9 Å². The minimum atomic E-state index is 0.658. The summed E-state index contributed by atoms with van der Waals surface area (Å²) in [6.07, 6.45) is 1.70. The van der Waals surface area contributed by atoms with Crippen molar-refractivity contribution in [2.45, 2.75) is 46.3 Å². The number of hydrogen-bond acceptors (Lipinski definition) is 5. The molecule has 3 rings (SSSR count). The second-order valence-corrected chi connectivity index (χ2v) is 7.17. The maximum absolute atomic E-state index is 5.46. The standard InChI is InChI=1S/C22H33N5O2/c1-4-20-19(21(5-2)29-26-20)15-25-22(23-3)24-14-17-8-6-7-9-18(17)16-27-10-12-28-13-11-27/h6-9H,4-5,10-16H2,1-3H3,(H2,23,24,25). The Morgan fingerprint density at radius 2 is 1.79 bits per heavy atom. The first kappa shape index (κ1) is 21.3. The fraction of sp³-hybridized carbons (Fsp3) is 0.545. The van der Waals surface area contributed by atoms with Gasteiger partial charge in [0, 0.05) is 51.8 Å². The van der Waals surface area contributed by atoms with Crippen LogP contribution >= 0.6 is 0 Å². The van der Waals surface area contributed by atoms with E-state index in [4.69, 9.17) is 9.26 Å². The maximum atomic E-state index is 5.46. The molecule has 1 aromatic heterocycles. The summed E-state index contributed by atoms with van der Waals surface area (Å²) in [6, 6.07) is 8.59. The summed E-state index contributed by atoms with van der Waals surface area (Å²) in [5.41, 5.74) is 4.79. The predicted octanol–water partition coefficient (Wildman–Crippen LogP) is 2.50. The summed E-state index contributed by atoms with van der Waals surface area (Å²) < 4.78 is 10.9. The number of guanidine groups is 1. The summed E-state index contributed by atoms with van der Waals surface area (Å²) in [5.74, 6) is 1.72. The summed E-state index contributed by atoms with van der Waals surface area (Å²) >= 11 is 0. The number of aromatic nitrogens is 1. The Hall–Kier alpha value is -2.38. The molecule has 2 heterocycles. The summed E-state index contributed by atoms with van der Waals surface area (Å²) in [5, 5.41) is 11.0. The van der Waals surface area contributed by atoms with Gasteiger partial charge < -0.3 is 19.9 Å². The van der Waals surface area contributed by atoms with Crippen LogP contribution in [0.15, 0.2) is 33.8 Å². The van der Waals surface area contributed by atoms with Crippen LogP contribution in [0.3, 0.4) is 0 Å². The zero-order chi connectivity index (χ0) is 20.5. The molecule has 7 nitrogen and oxygen atoms in total. The van der Waals surface area contributed by atoms with Crippen LogP contribution in [0.25, 0.3) is 0 Å². The SMILES string of the molecule is CCc1noc(CC)c1CNC(=NC)NCc1ccccc1CN1CCOCC1. The molecule has 2 N–H and O–H groups in total. The van der Waals surface area contributed by atoms with Crippen LogP contribution in [-0.2, 0) is 37.2 Å². The van der Waals surface area contributed by atoms with Gasteiger partial charge in [-0.15, -0.1) is 0 Å². The van der Waals surface area contributed by atoms with E-state index in [1.54, 1.807) is 7.05 Å². The summed E-state index contributed by atoms with van der Waals surface area (Å²) in [7, 11) is 1.80. The number of nitrogens with zero attached hydrogens (tertiary/aromatic N) is 3. The van der Waals surface area contributed by atoms with Crippen LogP contribution in [-0.4, -0.2) is 49.4 Å². The van der Waals surface area contributed by atoms with Gasteiger partial charge in [0.2, 0.25) is 0 Å². The van der Waals surface area contributed by atoms with Crippen molar-refractivity contribution in [2.24, 2.45) is 4.99 Å². The van der Waals surface area contributed by atoms with E-state index in [9.17, 15) is 0 Å². The van der Waals surface area contributed by atoms with Crippen molar-refractivity contribution >= 4 is 5.96 Å². The normalized spacial score (nSPS) is 15.5. The molecule has 2 aromatic rings. The Bertz CT molecular complexity index is 775. The first-order chi connectivity index (χ1) is 14.2. The minimum Gasteiger partial charge on any atom is -0.379 e. The van der Waals surface area contributed by atoms with Gasteiger partial charge in [0.05, 0.1) is 18.9 Å². The number of nitrogens with one attached hydrogen (secondary N) is 2. The van der Waals surface area contributed by atoms with Crippen LogP contribution < -0.4 is 10.6 Å². The molecule has 1 aromatic carbocycles. The number of rotatable bonds is 8. The molecule has 1 saturated heterocycles. The smallest absolute Gasteiger partial charge is 0.191 e. The van der Waals surface area contributed by atoms with Gasteiger partial charge in [-0.05, 0) is 17.5 Å². The lowest BCUT2D eigenvalue weighted by molar-refractivity contribution is 0.0341. The average molecular weight is 400 g/mol. The van der Waals surface area contributed by atoms with E-state index in [1.807, 2.05) is 0 Å². The van der Waals surface area contributed by atoms with Crippen LogP contribution in [0.2, 0.25) is 0 Å². The third kappa shape index (κ3) is 5.81. The van der Waals surface area contributed by atoms with Gasteiger partial charge in [-0.1, -0.05) is 43.3 Å². The van der Waals surface area contributed by atoms with E-state index in [1.165, 1.54) is 11.1 Å². The summed E-state index contributed by atoms with van der Waals surface area (Å²) in [4.78, 5) is 6.82. The molecule has 0 amide bonds. The monoisotopic (exact) mass is 399 g/mol. The molecule has 0 atom stereocenters. The van der Waals surface area contributed by atoms with Crippen molar-refractivity contribution < 1.29 is 9.26 Å². The van der Waals surface area contributed by atoms with Gasteiger partial charge in [-0.3, -0.25) is 9.89 Å². The Balaban J connectivity index is 1.58. The highest BCUT2D eigenvalue weighted by atomic mass is 16.5. The quantitative estimate of drug-likeness (QED) is 0.525. The minimum absolute atomic E-state index is 0.658. The fourth-order valence-electron chi connectivity index (χ4n) is 3.59. The van der Waals surface area contributed by atoms with E-state index in [0.717, 1.165) is 75.2 Å². The Morgan fingerprint density at radius 3 is 2.48 bits per heavy atom. The first-order valence-electron chi connectivity index (χ1n) is 10.5. The number of hydrogen-bond donors (Lipinski definition) is 2. The van der Waals surface area contributed by atoms with E-state index < -0.39 is 0 Å². The van der Waals surface area contributed by atoms with Crippen LogP contribution in [0.1, 0.15) is 42.0 Å². The molecule has 0 bridgehead atoms. The third-order valence-corrected chi connectivity index (χ3v) is 5.33. The second-order valence-electron chi connectivity index (χ2n) is 7.17. The lowest BCUT2D eigenvalue weighted by Gasteiger charge is -2.27. The number of aliphatic imine (C=N–C) groups is 1. The molecule has 0 unspecified atom stereocenters. The van der Waals surface area contributed by atoms with Crippen LogP contribution in [0, 0.1) is 0 Å². The van der Waals surface area contributed by atoms with Crippen molar-refractivity contribution in [1.82, 2.24) is 20.7 Å². The molecule has 29 heavy (non-hydrogen) atoms. The van der Waals surface area contributed by atoms with Gasteiger partial charge in [0.15, 0.2) is 5.96 Å². The largest absolute Gasteiger partial charge is 0.379 e. The molecule has 0 saturated carbocycles. The molecule has 0 aliphatic carbocycles. The average Bonchev–Trinajstić information content (AvgIpc) is 3.17. The lowest BCUT2D eigenvalue weighted by atomic mass is 10.1. The zero-order valence-corrected chi connectivity index (χ0v) is 17.8. The van der Waals surface area contributed by atoms with Crippen molar-refractivity contribution in [2.75, 3.05) is 33.4 Å². The third-order valence-electron chi connectivity index (χ3n) is 5.33. The van der Waals surface area contributed by atoms with Crippen molar-refractivity contribution in [1.29, 1.82) is 0 Å². The number of morpholine rings is 1. The van der Waals surface area contributed by atoms with E-state index >= 15 is 0 Å². The fourth-order valence-corrected chi connectivity index (χ4v) is 3.59. The number of aryl methyl sites for hydroxylation is 2. The molecule has 1 aliphatic rings. The Morgan fingerprint density at radius 1 is 1.07 bits per heavy atom. The molecule has 7 heteroatoms. The van der Waals surface area contributed by atoms with E-state index in [2.05, 4.69) is 63.8 Å². The molecule has 1 fully saturated rings.